The molecule has 180 valence electrons. The molecule has 0 spiro atoms. The lowest BCUT2D eigenvalue weighted by Gasteiger charge is -2.52. The molecule has 2 heterocycles. The Morgan fingerprint density at radius 3 is 2.49 bits per heavy atom. The number of nitrogens with two attached hydrogens (primary N) is 1. The highest BCUT2D eigenvalue weighted by molar-refractivity contribution is 5.74. The van der Waals surface area contributed by atoms with Crippen LogP contribution in [0.4, 0.5) is 0 Å². The fourth-order valence-corrected chi connectivity index (χ4v) is 6.77. The second-order valence-corrected chi connectivity index (χ2v) is 10.6. The van der Waals surface area contributed by atoms with Gasteiger partial charge in [0.05, 0.1) is 17.1 Å². The van der Waals surface area contributed by atoms with Gasteiger partial charge in [0.1, 0.15) is 24.8 Å². The van der Waals surface area contributed by atoms with E-state index in [1.165, 1.54) is 29.7 Å². The van der Waals surface area contributed by atoms with Crippen LogP contribution >= 0.6 is 0 Å². The van der Waals surface area contributed by atoms with Crippen LogP contribution in [0.15, 0.2) is 72.9 Å². The molecular formula is C30H36N5+. The Morgan fingerprint density at radius 2 is 1.66 bits per heavy atom. The maximum absolute atomic E-state index is 6.41. The summed E-state index contributed by atoms with van der Waals surface area (Å²) in [4.78, 5) is 13.8. The third-order valence-electron chi connectivity index (χ3n) is 8.46. The Hall–Kier alpha value is -3.02. The van der Waals surface area contributed by atoms with Crippen LogP contribution in [0.25, 0.3) is 11.0 Å². The number of aryl methyl sites for hydroxylation is 1. The fourth-order valence-electron chi connectivity index (χ4n) is 6.77. The van der Waals surface area contributed by atoms with Gasteiger partial charge in [-0.1, -0.05) is 48.5 Å². The lowest BCUT2D eigenvalue weighted by molar-refractivity contribution is -1.01. The summed E-state index contributed by atoms with van der Waals surface area (Å²) in [5.74, 6) is 1.08. The summed E-state index contributed by atoms with van der Waals surface area (Å²) < 4.78 is 0.973. The van der Waals surface area contributed by atoms with E-state index in [4.69, 9.17) is 15.7 Å². The highest BCUT2D eigenvalue weighted by Crippen LogP contribution is 2.46. The SMILES string of the molecule is NC1CCC([N+](Cc2ccccc2)(Cc2nc3ccccc3[nH]2)C2CCCc3cccnc32)CC1. The van der Waals surface area contributed by atoms with Gasteiger partial charge >= 0.3 is 0 Å². The highest BCUT2D eigenvalue weighted by atomic mass is 15.4. The molecule has 35 heavy (non-hydrogen) atoms. The van der Waals surface area contributed by atoms with Crippen LogP contribution < -0.4 is 5.73 Å². The number of fused-ring (bicyclic) bond motifs is 2. The number of hydrogen-bond acceptors (Lipinski definition) is 3. The van der Waals surface area contributed by atoms with Gasteiger partial charge in [-0.3, -0.25) is 4.98 Å². The first kappa shape index (κ1) is 22.4. The molecule has 0 amide bonds. The number of aromatic nitrogens is 3. The standard InChI is InChI=1S/C30H36N5/c31-24-15-17-25(18-16-24)35(20-22-8-2-1-3-9-22,21-29-33-26-12-4-5-13-27(26)34-29)28-14-6-10-23-11-7-19-32-30(23)28/h1-5,7-9,11-13,19,24-25,28H,6,10,14-18,20-21,31H2,(H,33,34)/q+1. The molecule has 2 aliphatic carbocycles. The van der Waals surface area contributed by atoms with Gasteiger partial charge in [0.2, 0.25) is 0 Å². The lowest BCUT2D eigenvalue weighted by Crippen LogP contribution is -2.58. The Bertz CT molecular complexity index is 1240. The quantitative estimate of drug-likeness (QED) is 0.352. The van der Waals surface area contributed by atoms with Crippen LogP contribution in [0.5, 0.6) is 0 Å². The number of aromatic amines is 1. The van der Waals surface area contributed by atoms with Crippen molar-refractivity contribution in [1.82, 2.24) is 15.0 Å². The van der Waals surface area contributed by atoms with Crippen molar-refractivity contribution in [3.05, 3.63) is 95.6 Å². The largest absolute Gasteiger partial charge is 0.337 e. The molecule has 2 aromatic heterocycles. The molecule has 3 N–H and O–H groups in total. The monoisotopic (exact) mass is 466 g/mol. The van der Waals surface area contributed by atoms with Gasteiger partial charge in [0.25, 0.3) is 0 Å². The molecule has 2 unspecified atom stereocenters. The first-order valence-corrected chi connectivity index (χ1v) is 13.2. The second-order valence-electron chi connectivity index (χ2n) is 10.6. The molecule has 2 aromatic carbocycles. The zero-order chi connectivity index (χ0) is 23.7. The Labute approximate surface area is 208 Å². The number of pyridine rings is 1. The molecule has 1 fully saturated rings. The van der Waals surface area contributed by atoms with E-state index in [0.29, 0.717) is 18.1 Å². The number of para-hydroxylation sites is 2. The molecule has 0 aliphatic heterocycles. The predicted molar refractivity (Wildman–Crippen MR) is 140 cm³/mol. The number of H-pyrrole nitrogens is 1. The van der Waals surface area contributed by atoms with Gasteiger partial charge in [0, 0.05) is 37.1 Å². The van der Waals surface area contributed by atoms with E-state index in [1.54, 1.807) is 0 Å². The summed E-state index contributed by atoms with van der Waals surface area (Å²) in [7, 11) is 0. The molecule has 2 atom stereocenters. The topological polar surface area (TPSA) is 67.6 Å². The van der Waals surface area contributed by atoms with Crippen molar-refractivity contribution in [1.29, 1.82) is 0 Å². The average Bonchev–Trinajstić information content (AvgIpc) is 3.31. The van der Waals surface area contributed by atoms with Crippen molar-refractivity contribution in [2.75, 3.05) is 0 Å². The number of rotatable bonds is 6. The second kappa shape index (κ2) is 9.56. The zero-order valence-electron chi connectivity index (χ0n) is 20.4. The van der Waals surface area contributed by atoms with Crippen molar-refractivity contribution >= 4 is 11.0 Å². The van der Waals surface area contributed by atoms with Crippen molar-refractivity contribution in [3.8, 4) is 0 Å². The maximum Gasteiger partial charge on any atom is 0.162 e. The van der Waals surface area contributed by atoms with Crippen LogP contribution in [0.2, 0.25) is 0 Å². The van der Waals surface area contributed by atoms with E-state index in [9.17, 15) is 0 Å². The normalized spacial score (nSPS) is 24.1. The van der Waals surface area contributed by atoms with E-state index in [2.05, 4.69) is 71.7 Å². The van der Waals surface area contributed by atoms with Crippen LogP contribution in [-0.4, -0.2) is 31.5 Å². The molecule has 4 aromatic rings. The first-order valence-electron chi connectivity index (χ1n) is 13.2. The number of quaternary nitrogens is 1. The minimum Gasteiger partial charge on any atom is -0.337 e. The van der Waals surface area contributed by atoms with E-state index in [-0.39, 0.29) is 0 Å². The number of nitrogens with one attached hydrogen (secondary N) is 1. The van der Waals surface area contributed by atoms with Crippen molar-refractivity contribution in [3.63, 3.8) is 0 Å². The molecule has 6 rings (SSSR count). The predicted octanol–water partition coefficient (Wildman–Crippen LogP) is 5.82. The van der Waals surface area contributed by atoms with Gasteiger partial charge in [0.15, 0.2) is 5.82 Å². The summed E-state index contributed by atoms with van der Waals surface area (Å²) in [5, 5.41) is 0. The molecule has 0 saturated heterocycles. The van der Waals surface area contributed by atoms with E-state index in [0.717, 1.165) is 66.5 Å². The third kappa shape index (κ3) is 4.39. The van der Waals surface area contributed by atoms with Gasteiger partial charge < -0.3 is 15.2 Å². The summed E-state index contributed by atoms with van der Waals surface area (Å²) in [6, 6.07) is 25.1. The smallest absolute Gasteiger partial charge is 0.162 e. The number of benzene rings is 2. The summed E-state index contributed by atoms with van der Waals surface area (Å²) in [6.45, 7) is 1.86. The summed E-state index contributed by atoms with van der Waals surface area (Å²) >= 11 is 0. The third-order valence-corrected chi connectivity index (χ3v) is 8.46. The lowest BCUT2D eigenvalue weighted by atomic mass is 9.82. The molecule has 1 saturated carbocycles. The van der Waals surface area contributed by atoms with Gasteiger partial charge in [-0.05, 0) is 49.4 Å². The Morgan fingerprint density at radius 1 is 0.857 bits per heavy atom. The van der Waals surface area contributed by atoms with Crippen molar-refractivity contribution in [2.45, 2.75) is 76.2 Å². The van der Waals surface area contributed by atoms with Crippen molar-refractivity contribution < 1.29 is 4.48 Å². The fraction of sp³-hybridized carbons (Fsp3) is 0.400. The molecule has 0 bridgehead atoms. The maximum atomic E-state index is 6.41. The summed E-state index contributed by atoms with van der Waals surface area (Å²) in [6.07, 6.45) is 10.0. The van der Waals surface area contributed by atoms with E-state index < -0.39 is 0 Å². The minimum atomic E-state index is 0.327. The minimum absolute atomic E-state index is 0.327. The number of hydrogen-bond donors (Lipinski definition) is 2. The van der Waals surface area contributed by atoms with E-state index in [1.807, 2.05) is 6.20 Å². The Kier molecular flexibility index (Phi) is 6.13. The van der Waals surface area contributed by atoms with Crippen LogP contribution in [-0.2, 0) is 19.5 Å². The van der Waals surface area contributed by atoms with Gasteiger partial charge in [-0.25, -0.2) is 4.98 Å². The number of nitrogens with zero attached hydrogens (tertiary/aromatic N) is 3. The Balaban J connectivity index is 1.50. The van der Waals surface area contributed by atoms with Crippen molar-refractivity contribution in [2.24, 2.45) is 5.73 Å². The molecular weight excluding hydrogens is 430 g/mol. The van der Waals surface area contributed by atoms with Gasteiger partial charge in [-0.2, -0.15) is 0 Å². The van der Waals surface area contributed by atoms with Crippen LogP contribution in [0.3, 0.4) is 0 Å². The summed E-state index contributed by atoms with van der Waals surface area (Å²) in [5.41, 5.74) is 12.7. The highest BCUT2D eigenvalue weighted by Gasteiger charge is 2.48. The molecule has 0 radical (unpaired) electrons. The van der Waals surface area contributed by atoms with Crippen LogP contribution in [0, 0.1) is 0 Å². The van der Waals surface area contributed by atoms with Crippen LogP contribution in [0.1, 0.15) is 67.2 Å². The van der Waals surface area contributed by atoms with Gasteiger partial charge in [-0.15, -0.1) is 0 Å². The number of imidazole rings is 1. The zero-order valence-corrected chi connectivity index (χ0v) is 20.4. The molecule has 5 heteroatoms. The first-order chi connectivity index (χ1) is 17.2. The molecule has 5 nitrogen and oxygen atoms in total. The average molecular weight is 467 g/mol. The molecule has 2 aliphatic rings. The van der Waals surface area contributed by atoms with E-state index >= 15 is 0 Å².